The lowest BCUT2D eigenvalue weighted by Crippen LogP contribution is -2.52. The van der Waals surface area contributed by atoms with Gasteiger partial charge in [-0.15, -0.1) is 11.8 Å². The van der Waals surface area contributed by atoms with Gasteiger partial charge in [0, 0.05) is 18.3 Å². The van der Waals surface area contributed by atoms with Crippen molar-refractivity contribution in [3.63, 3.8) is 0 Å². The molecule has 1 aliphatic carbocycles. The van der Waals surface area contributed by atoms with Crippen LogP contribution in [0.2, 0.25) is 0 Å². The fraction of sp³-hybridized carbons (Fsp3) is 0.846. The van der Waals surface area contributed by atoms with Gasteiger partial charge in [-0.05, 0) is 38.5 Å². The van der Waals surface area contributed by atoms with E-state index in [-0.39, 0.29) is 17.4 Å². The molecule has 19 heavy (non-hydrogen) atoms. The second kappa shape index (κ2) is 4.89. The highest BCUT2D eigenvalue weighted by molar-refractivity contribution is 8.00. The summed E-state index contributed by atoms with van der Waals surface area (Å²) in [4.78, 5) is 27.6. The third-order valence-electron chi connectivity index (χ3n) is 4.36. The first kappa shape index (κ1) is 13.1. The van der Waals surface area contributed by atoms with Gasteiger partial charge in [-0.1, -0.05) is 0 Å². The van der Waals surface area contributed by atoms with Crippen LogP contribution in [0.4, 0.5) is 4.79 Å². The van der Waals surface area contributed by atoms with Crippen molar-refractivity contribution in [1.29, 1.82) is 0 Å². The van der Waals surface area contributed by atoms with Gasteiger partial charge in [0.05, 0.1) is 5.37 Å². The molecular formula is C13H20N2O3S. The largest absolute Gasteiger partial charge is 0.480 e. The molecule has 0 aromatic heterocycles. The first-order chi connectivity index (χ1) is 9.09. The van der Waals surface area contributed by atoms with Gasteiger partial charge in [0.15, 0.2) is 0 Å². The summed E-state index contributed by atoms with van der Waals surface area (Å²) in [5.74, 6) is 0.178. The number of nitrogens with zero attached hydrogens (tertiary/aromatic N) is 2. The van der Waals surface area contributed by atoms with Crippen LogP contribution < -0.4 is 0 Å². The van der Waals surface area contributed by atoms with E-state index < -0.39 is 12.0 Å². The summed E-state index contributed by atoms with van der Waals surface area (Å²) in [6.45, 7) is 2.82. The maximum Gasteiger partial charge on any atom is 0.327 e. The Balaban J connectivity index is 1.80. The number of hydrogen-bond donors (Lipinski definition) is 1. The van der Waals surface area contributed by atoms with Crippen LogP contribution in [0, 0.1) is 5.92 Å². The van der Waals surface area contributed by atoms with Crippen LogP contribution in [0.1, 0.15) is 32.6 Å². The molecule has 5 nitrogen and oxygen atoms in total. The Labute approximate surface area is 117 Å². The Morgan fingerprint density at radius 1 is 1.26 bits per heavy atom. The van der Waals surface area contributed by atoms with Crippen molar-refractivity contribution >= 4 is 23.8 Å². The predicted molar refractivity (Wildman–Crippen MR) is 73.0 cm³/mol. The molecule has 3 atom stereocenters. The Morgan fingerprint density at radius 3 is 2.53 bits per heavy atom. The zero-order valence-corrected chi connectivity index (χ0v) is 11.9. The van der Waals surface area contributed by atoms with Gasteiger partial charge in [-0.2, -0.15) is 0 Å². The molecule has 106 valence electrons. The van der Waals surface area contributed by atoms with Gasteiger partial charge in [0.1, 0.15) is 6.04 Å². The Morgan fingerprint density at radius 2 is 2.00 bits per heavy atom. The van der Waals surface area contributed by atoms with Gasteiger partial charge in [-0.25, -0.2) is 9.59 Å². The Bertz CT molecular complexity index is 399. The molecule has 0 spiro atoms. The van der Waals surface area contributed by atoms with E-state index >= 15 is 0 Å². The minimum absolute atomic E-state index is 0.0562. The van der Waals surface area contributed by atoms with Crippen molar-refractivity contribution in [3.05, 3.63) is 0 Å². The first-order valence-corrected chi connectivity index (χ1v) is 8.08. The molecule has 3 unspecified atom stereocenters. The lowest BCUT2D eigenvalue weighted by Gasteiger charge is -2.33. The van der Waals surface area contributed by atoms with E-state index in [0.717, 1.165) is 32.2 Å². The first-order valence-electron chi connectivity index (χ1n) is 7.03. The predicted octanol–water partition coefficient (Wildman–Crippen LogP) is 1.83. The lowest BCUT2D eigenvalue weighted by atomic mass is 10.2. The van der Waals surface area contributed by atoms with Crippen LogP contribution in [0.5, 0.6) is 0 Å². The van der Waals surface area contributed by atoms with Gasteiger partial charge < -0.3 is 10.0 Å². The average molecular weight is 284 g/mol. The molecule has 6 heteroatoms. The smallest absolute Gasteiger partial charge is 0.327 e. The number of urea groups is 1. The third-order valence-corrected chi connectivity index (χ3v) is 5.83. The molecule has 2 amide bonds. The lowest BCUT2D eigenvalue weighted by molar-refractivity contribution is -0.141. The minimum Gasteiger partial charge on any atom is -0.480 e. The number of aliphatic carboxylic acids is 1. The standard InChI is InChI=1S/C13H20N2O3S/c1-8-3-2-6-14(8)13(18)15-10(12(16)17)7-19-11(15)9-4-5-9/h8-11H,2-7H2,1H3,(H,16,17). The summed E-state index contributed by atoms with van der Waals surface area (Å²) in [5, 5.41) is 9.42. The zero-order valence-electron chi connectivity index (χ0n) is 11.1. The van der Waals surface area contributed by atoms with Crippen molar-refractivity contribution in [2.45, 2.75) is 50.1 Å². The number of thioether (sulfide) groups is 1. The summed E-state index contributed by atoms with van der Waals surface area (Å²) in [5.41, 5.74) is 0. The second-order valence-corrected chi connectivity index (χ2v) is 6.94. The van der Waals surface area contributed by atoms with Gasteiger partial charge in [-0.3, -0.25) is 4.90 Å². The zero-order chi connectivity index (χ0) is 13.6. The topological polar surface area (TPSA) is 60.9 Å². The summed E-state index contributed by atoms with van der Waals surface area (Å²) in [6, 6.07) is -0.456. The average Bonchev–Trinajstić information content (AvgIpc) is 2.97. The summed E-state index contributed by atoms with van der Waals surface area (Å²) in [7, 11) is 0. The second-order valence-electron chi connectivity index (χ2n) is 5.79. The van der Waals surface area contributed by atoms with Crippen LogP contribution in [0.25, 0.3) is 0 Å². The monoisotopic (exact) mass is 284 g/mol. The number of carboxylic acids is 1. The highest BCUT2D eigenvalue weighted by Crippen LogP contribution is 2.46. The number of carboxylic acid groups (broad SMARTS) is 1. The van der Waals surface area contributed by atoms with Crippen LogP contribution >= 0.6 is 11.8 Å². The SMILES string of the molecule is CC1CCCN1C(=O)N1C(C(=O)O)CSC1C1CC1. The van der Waals surface area contributed by atoms with Crippen LogP contribution in [-0.4, -0.2) is 56.7 Å². The number of carbonyl (C=O) groups excluding carboxylic acids is 1. The number of amides is 2. The summed E-state index contributed by atoms with van der Waals surface area (Å²) in [6.07, 6.45) is 4.31. The fourth-order valence-electron chi connectivity index (χ4n) is 3.07. The molecule has 0 bridgehead atoms. The molecular weight excluding hydrogens is 264 g/mol. The number of hydrogen-bond acceptors (Lipinski definition) is 3. The van der Waals surface area contributed by atoms with Crippen molar-refractivity contribution in [2.75, 3.05) is 12.3 Å². The quantitative estimate of drug-likeness (QED) is 0.840. The van der Waals surface area contributed by atoms with E-state index in [2.05, 4.69) is 6.92 Å². The van der Waals surface area contributed by atoms with Crippen molar-refractivity contribution in [2.24, 2.45) is 5.92 Å². The number of rotatable bonds is 2. The molecule has 2 aliphatic heterocycles. The highest BCUT2D eigenvalue weighted by atomic mass is 32.2. The molecule has 1 saturated carbocycles. The number of likely N-dealkylation sites (tertiary alicyclic amines) is 1. The van der Waals surface area contributed by atoms with Crippen molar-refractivity contribution < 1.29 is 14.7 Å². The minimum atomic E-state index is -0.865. The molecule has 0 aromatic carbocycles. The van der Waals surface area contributed by atoms with E-state index in [1.54, 1.807) is 16.7 Å². The van der Waals surface area contributed by atoms with E-state index in [9.17, 15) is 14.7 Å². The van der Waals surface area contributed by atoms with Crippen molar-refractivity contribution in [3.8, 4) is 0 Å². The van der Waals surface area contributed by atoms with Crippen LogP contribution in [-0.2, 0) is 4.79 Å². The molecule has 3 rings (SSSR count). The summed E-state index contributed by atoms with van der Waals surface area (Å²) >= 11 is 1.64. The molecule has 2 saturated heterocycles. The Hall–Kier alpha value is -0.910. The Kier molecular flexibility index (Phi) is 3.37. The highest BCUT2D eigenvalue weighted by Gasteiger charge is 2.49. The van der Waals surface area contributed by atoms with E-state index in [1.165, 1.54) is 0 Å². The molecule has 1 N–H and O–H groups in total. The maximum absolute atomic E-state index is 12.7. The van der Waals surface area contributed by atoms with E-state index in [4.69, 9.17) is 0 Å². The normalized spacial score (nSPS) is 34.9. The van der Waals surface area contributed by atoms with E-state index in [1.807, 2.05) is 4.90 Å². The van der Waals surface area contributed by atoms with Gasteiger partial charge in [0.25, 0.3) is 0 Å². The molecule has 3 aliphatic rings. The third kappa shape index (κ3) is 2.30. The molecule has 0 radical (unpaired) electrons. The molecule has 0 aromatic rings. The molecule has 2 heterocycles. The number of carbonyl (C=O) groups is 2. The fourth-order valence-corrected chi connectivity index (χ4v) is 4.70. The maximum atomic E-state index is 12.7. The summed E-state index contributed by atoms with van der Waals surface area (Å²) < 4.78 is 0. The van der Waals surface area contributed by atoms with Crippen LogP contribution in [0.3, 0.4) is 0 Å². The van der Waals surface area contributed by atoms with Crippen LogP contribution in [0.15, 0.2) is 0 Å². The van der Waals surface area contributed by atoms with Gasteiger partial charge >= 0.3 is 12.0 Å². The molecule has 3 fully saturated rings. The van der Waals surface area contributed by atoms with Gasteiger partial charge in [0.2, 0.25) is 0 Å². The van der Waals surface area contributed by atoms with Crippen molar-refractivity contribution in [1.82, 2.24) is 9.80 Å². The van der Waals surface area contributed by atoms with E-state index in [0.29, 0.717) is 11.7 Å².